The standard InChI is InChI=1S/C15H18N2OS/c16-13-2-1-3-14(10-13)18-8-7-17-6-4-15-12(11-17)5-9-19-15/h1-3,5,9-10H,4,6-8,11,16H2. The molecule has 0 radical (unpaired) electrons. The average Bonchev–Trinajstić information content (AvgIpc) is 2.86. The maximum absolute atomic E-state index is 5.74. The summed E-state index contributed by atoms with van der Waals surface area (Å²) in [5.74, 6) is 0.855. The van der Waals surface area contributed by atoms with Gasteiger partial charge in [-0.15, -0.1) is 11.3 Å². The highest BCUT2D eigenvalue weighted by Crippen LogP contribution is 2.23. The van der Waals surface area contributed by atoms with Crippen molar-refractivity contribution >= 4 is 17.0 Å². The van der Waals surface area contributed by atoms with E-state index in [1.165, 1.54) is 12.0 Å². The van der Waals surface area contributed by atoms with Gasteiger partial charge in [-0.3, -0.25) is 4.90 Å². The SMILES string of the molecule is Nc1cccc(OCCN2CCc3sccc3C2)c1. The lowest BCUT2D eigenvalue weighted by Crippen LogP contribution is -2.33. The third kappa shape index (κ3) is 3.08. The predicted molar refractivity (Wildman–Crippen MR) is 79.6 cm³/mol. The van der Waals surface area contributed by atoms with Crippen molar-refractivity contribution in [3.05, 3.63) is 46.2 Å². The maximum Gasteiger partial charge on any atom is 0.121 e. The molecule has 0 bridgehead atoms. The summed E-state index contributed by atoms with van der Waals surface area (Å²) in [6, 6.07) is 9.85. The number of nitrogens with zero attached hydrogens (tertiary/aromatic N) is 1. The molecule has 100 valence electrons. The van der Waals surface area contributed by atoms with Crippen LogP contribution in [0.4, 0.5) is 5.69 Å². The van der Waals surface area contributed by atoms with Gasteiger partial charge in [-0.25, -0.2) is 0 Å². The molecule has 0 amide bonds. The Bertz CT molecular complexity index is 553. The lowest BCUT2D eigenvalue weighted by Gasteiger charge is -2.26. The van der Waals surface area contributed by atoms with Crippen molar-refractivity contribution in [2.24, 2.45) is 0 Å². The van der Waals surface area contributed by atoms with Gasteiger partial charge in [0.15, 0.2) is 0 Å². The van der Waals surface area contributed by atoms with Gasteiger partial charge in [-0.2, -0.15) is 0 Å². The van der Waals surface area contributed by atoms with Crippen LogP contribution in [0.3, 0.4) is 0 Å². The first-order valence-corrected chi connectivity index (χ1v) is 7.45. The molecule has 0 aliphatic carbocycles. The molecule has 1 aromatic heterocycles. The fourth-order valence-corrected chi connectivity index (χ4v) is 3.28. The second-order valence-electron chi connectivity index (χ2n) is 4.82. The van der Waals surface area contributed by atoms with Gasteiger partial charge in [0.25, 0.3) is 0 Å². The number of fused-ring (bicyclic) bond motifs is 1. The van der Waals surface area contributed by atoms with Gasteiger partial charge in [0, 0.05) is 36.3 Å². The Hall–Kier alpha value is -1.52. The molecule has 2 heterocycles. The molecule has 1 aromatic carbocycles. The Labute approximate surface area is 117 Å². The molecule has 3 rings (SSSR count). The minimum Gasteiger partial charge on any atom is -0.492 e. The number of hydrogen-bond donors (Lipinski definition) is 1. The van der Waals surface area contributed by atoms with Crippen LogP contribution in [0.15, 0.2) is 35.7 Å². The normalized spacial score (nSPS) is 15.2. The highest BCUT2D eigenvalue weighted by Gasteiger charge is 2.16. The molecule has 0 saturated carbocycles. The van der Waals surface area contributed by atoms with Crippen molar-refractivity contribution in [3.63, 3.8) is 0 Å². The van der Waals surface area contributed by atoms with Crippen LogP contribution in [-0.4, -0.2) is 24.6 Å². The van der Waals surface area contributed by atoms with Crippen molar-refractivity contribution in [3.8, 4) is 5.75 Å². The Balaban J connectivity index is 1.49. The number of anilines is 1. The van der Waals surface area contributed by atoms with E-state index in [0.717, 1.165) is 31.1 Å². The zero-order chi connectivity index (χ0) is 13.1. The Morgan fingerprint density at radius 1 is 1.32 bits per heavy atom. The minimum atomic E-state index is 0.711. The molecule has 0 spiro atoms. The highest BCUT2D eigenvalue weighted by molar-refractivity contribution is 7.10. The van der Waals surface area contributed by atoms with Gasteiger partial charge >= 0.3 is 0 Å². The van der Waals surface area contributed by atoms with Gasteiger partial charge in [-0.1, -0.05) is 6.07 Å². The quantitative estimate of drug-likeness (QED) is 0.871. The first kappa shape index (κ1) is 12.5. The zero-order valence-corrected chi connectivity index (χ0v) is 11.7. The van der Waals surface area contributed by atoms with Gasteiger partial charge in [-0.05, 0) is 35.6 Å². The van der Waals surface area contributed by atoms with E-state index >= 15 is 0 Å². The average molecular weight is 274 g/mol. The van der Waals surface area contributed by atoms with Gasteiger partial charge in [0.05, 0.1) is 0 Å². The first-order chi connectivity index (χ1) is 9.31. The maximum atomic E-state index is 5.74. The topological polar surface area (TPSA) is 38.5 Å². The molecule has 4 heteroatoms. The number of thiophene rings is 1. The van der Waals surface area contributed by atoms with E-state index in [9.17, 15) is 0 Å². The number of nitrogen functional groups attached to an aromatic ring is 1. The van der Waals surface area contributed by atoms with E-state index in [4.69, 9.17) is 10.5 Å². The van der Waals surface area contributed by atoms with Crippen LogP contribution in [0.25, 0.3) is 0 Å². The van der Waals surface area contributed by atoms with Crippen molar-refractivity contribution in [1.29, 1.82) is 0 Å². The van der Waals surface area contributed by atoms with Crippen LogP contribution in [0.5, 0.6) is 5.75 Å². The summed E-state index contributed by atoms with van der Waals surface area (Å²) in [6.45, 7) is 3.86. The summed E-state index contributed by atoms with van der Waals surface area (Å²) >= 11 is 1.88. The molecule has 1 aliphatic rings. The molecular formula is C15H18N2OS. The second-order valence-corrected chi connectivity index (χ2v) is 5.82. The lowest BCUT2D eigenvalue weighted by molar-refractivity contribution is 0.197. The third-order valence-corrected chi connectivity index (χ3v) is 4.44. The molecule has 2 N–H and O–H groups in total. The molecule has 1 aliphatic heterocycles. The largest absolute Gasteiger partial charge is 0.492 e. The number of ether oxygens (including phenoxy) is 1. The van der Waals surface area contributed by atoms with E-state index in [2.05, 4.69) is 16.3 Å². The van der Waals surface area contributed by atoms with Crippen molar-refractivity contribution < 1.29 is 4.74 Å². The highest BCUT2D eigenvalue weighted by atomic mass is 32.1. The summed E-state index contributed by atoms with van der Waals surface area (Å²) in [7, 11) is 0. The van der Waals surface area contributed by atoms with Crippen molar-refractivity contribution in [1.82, 2.24) is 4.90 Å². The summed E-state index contributed by atoms with van der Waals surface area (Å²) < 4.78 is 5.74. The molecule has 19 heavy (non-hydrogen) atoms. The van der Waals surface area contributed by atoms with E-state index in [1.807, 2.05) is 35.6 Å². The molecule has 3 nitrogen and oxygen atoms in total. The van der Waals surface area contributed by atoms with Gasteiger partial charge in [0.1, 0.15) is 12.4 Å². The molecule has 0 fully saturated rings. The molecule has 0 saturated heterocycles. The summed E-state index contributed by atoms with van der Waals surface area (Å²) in [5, 5.41) is 2.19. The van der Waals surface area contributed by atoms with Crippen LogP contribution in [-0.2, 0) is 13.0 Å². The smallest absolute Gasteiger partial charge is 0.121 e. The van der Waals surface area contributed by atoms with Crippen molar-refractivity contribution in [2.75, 3.05) is 25.4 Å². The molecule has 0 unspecified atom stereocenters. The predicted octanol–water partition coefficient (Wildman–Crippen LogP) is 2.77. The van der Waals surface area contributed by atoms with E-state index < -0.39 is 0 Å². The van der Waals surface area contributed by atoms with Gasteiger partial charge in [0.2, 0.25) is 0 Å². The third-order valence-electron chi connectivity index (χ3n) is 3.42. The summed E-state index contributed by atoms with van der Waals surface area (Å²) in [5.41, 5.74) is 7.96. The van der Waals surface area contributed by atoms with E-state index in [1.54, 1.807) is 4.88 Å². The van der Waals surface area contributed by atoms with E-state index in [0.29, 0.717) is 6.61 Å². The number of hydrogen-bond acceptors (Lipinski definition) is 4. The summed E-state index contributed by atoms with van der Waals surface area (Å²) in [4.78, 5) is 3.99. The van der Waals surface area contributed by atoms with Crippen LogP contribution >= 0.6 is 11.3 Å². The van der Waals surface area contributed by atoms with Crippen molar-refractivity contribution in [2.45, 2.75) is 13.0 Å². The monoisotopic (exact) mass is 274 g/mol. The Kier molecular flexibility index (Phi) is 3.71. The zero-order valence-electron chi connectivity index (χ0n) is 10.8. The Morgan fingerprint density at radius 2 is 2.26 bits per heavy atom. The first-order valence-electron chi connectivity index (χ1n) is 6.57. The Morgan fingerprint density at radius 3 is 3.16 bits per heavy atom. The minimum absolute atomic E-state index is 0.711. The number of benzene rings is 1. The molecule has 2 aromatic rings. The second kappa shape index (κ2) is 5.63. The van der Waals surface area contributed by atoms with Crippen LogP contribution in [0.2, 0.25) is 0 Å². The number of nitrogens with two attached hydrogens (primary N) is 1. The van der Waals surface area contributed by atoms with E-state index in [-0.39, 0.29) is 0 Å². The fourth-order valence-electron chi connectivity index (χ4n) is 2.39. The van der Waals surface area contributed by atoms with Crippen LogP contribution in [0.1, 0.15) is 10.4 Å². The van der Waals surface area contributed by atoms with Gasteiger partial charge < -0.3 is 10.5 Å². The van der Waals surface area contributed by atoms with Crippen LogP contribution in [0, 0.1) is 0 Å². The fraction of sp³-hybridized carbons (Fsp3) is 0.333. The lowest BCUT2D eigenvalue weighted by atomic mass is 10.1. The number of rotatable bonds is 4. The molecule has 0 atom stereocenters. The molecular weight excluding hydrogens is 256 g/mol. The van der Waals surface area contributed by atoms with Crippen LogP contribution < -0.4 is 10.5 Å². The summed E-state index contributed by atoms with van der Waals surface area (Å²) in [6.07, 6.45) is 1.17.